The summed E-state index contributed by atoms with van der Waals surface area (Å²) in [5.41, 5.74) is 0.570. The number of hydrogen-bond donors (Lipinski definition) is 0. The average Bonchev–Trinajstić information content (AvgIpc) is 3.06. The molecular formula is C17H18N4O4. The molecule has 8 nitrogen and oxygen atoms in total. The molecule has 0 atom stereocenters. The fourth-order valence-electron chi connectivity index (χ4n) is 2.71. The summed E-state index contributed by atoms with van der Waals surface area (Å²) >= 11 is 0. The molecule has 3 rings (SSSR count). The van der Waals surface area contributed by atoms with E-state index in [1.807, 2.05) is 30.3 Å². The maximum atomic E-state index is 12.5. The van der Waals surface area contributed by atoms with Gasteiger partial charge in [-0.2, -0.15) is 0 Å². The maximum absolute atomic E-state index is 12.5. The van der Waals surface area contributed by atoms with Crippen LogP contribution in [0, 0.1) is 0 Å². The van der Waals surface area contributed by atoms with Gasteiger partial charge in [-0.15, -0.1) is 0 Å². The van der Waals surface area contributed by atoms with Crippen LogP contribution in [0.3, 0.4) is 0 Å². The smallest absolute Gasteiger partial charge is 0.333 e. The maximum Gasteiger partial charge on any atom is 0.333 e. The van der Waals surface area contributed by atoms with Crippen molar-refractivity contribution in [3.8, 4) is 0 Å². The monoisotopic (exact) mass is 342 g/mol. The number of ether oxygens (including phenoxy) is 1. The Kier molecular flexibility index (Phi) is 4.51. The van der Waals surface area contributed by atoms with Gasteiger partial charge in [0.15, 0.2) is 11.2 Å². The Morgan fingerprint density at radius 2 is 1.92 bits per heavy atom. The number of aryl methyl sites for hydroxylation is 2. The van der Waals surface area contributed by atoms with Crippen LogP contribution in [-0.2, 0) is 36.1 Å². The molecular weight excluding hydrogens is 324 g/mol. The lowest BCUT2D eigenvalue weighted by atomic mass is 10.1. The van der Waals surface area contributed by atoms with E-state index in [4.69, 9.17) is 0 Å². The van der Waals surface area contributed by atoms with Crippen LogP contribution in [0.5, 0.6) is 0 Å². The largest absolute Gasteiger partial charge is 0.468 e. The van der Waals surface area contributed by atoms with Crippen molar-refractivity contribution in [2.24, 2.45) is 7.05 Å². The van der Waals surface area contributed by atoms with Crippen molar-refractivity contribution in [3.63, 3.8) is 0 Å². The number of fused-ring (bicyclic) bond motifs is 1. The Morgan fingerprint density at radius 1 is 1.20 bits per heavy atom. The second kappa shape index (κ2) is 6.76. The zero-order valence-corrected chi connectivity index (χ0v) is 14.0. The van der Waals surface area contributed by atoms with Gasteiger partial charge in [0, 0.05) is 13.6 Å². The topological polar surface area (TPSA) is 88.1 Å². The molecule has 3 aromatic rings. The molecule has 0 saturated heterocycles. The first kappa shape index (κ1) is 16.7. The number of hydrogen-bond acceptors (Lipinski definition) is 5. The van der Waals surface area contributed by atoms with Crippen molar-refractivity contribution in [1.82, 2.24) is 18.7 Å². The molecule has 0 N–H and O–H groups in total. The van der Waals surface area contributed by atoms with Crippen molar-refractivity contribution >= 4 is 17.1 Å². The van der Waals surface area contributed by atoms with Gasteiger partial charge >= 0.3 is 11.7 Å². The van der Waals surface area contributed by atoms with E-state index >= 15 is 0 Å². The molecule has 8 heteroatoms. The fraction of sp³-hybridized carbons (Fsp3) is 0.294. The van der Waals surface area contributed by atoms with E-state index in [2.05, 4.69) is 9.72 Å². The molecule has 0 aliphatic rings. The quantitative estimate of drug-likeness (QED) is 0.623. The lowest BCUT2D eigenvalue weighted by molar-refractivity contribution is -0.141. The Labute approximate surface area is 142 Å². The van der Waals surface area contributed by atoms with Crippen molar-refractivity contribution in [1.29, 1.82) is 0 Å². The first-order chi connectivity index (χ1) is 12.0. The lowest BCUT2D eigenvalue weighted by Gasteiger charge is -2.09. The van der Waals surface area contributed by atoms with E-state index in [-0.39, 0.29) is 12.2 Å². The first-order valence-electron chi connectivity index (χ1n) is 7.78. The predicted molar refractivity (Wildman–Crippen MR) is 91.4 cm³/mol. The zero-order chi connectivity index (χ0) is 18.0. The van der Waals surface area contributed by atoms with E-state index in [1.54, 1.807) is 4.57 Å². The van der Waals surface area contributed by atoms with E-state index < -0.39 is 17.2 Å². The Hall–Kier alpha value is -3.16. The van der Waals surface area contributed by atoms with Crippen molar-refractivity contribution in [3.05, 3.63) is 63.1 Å². The van der Waals surface area contributed by atoms with Gasteiger partial charge in [0.05, 0.1) is 13.4 Å². The van der Waals surface area contributed by atoms with Crippen molar-refractivity contribution < 1.29 is 9.53 Å². The van der Waals surface area contributed by atoms with Gasteiger partial charge in [-0.1, -0.05) is 30.3 Å². The minimum absolute atomic E-state index is 0.187. The van der Waals surface area contributed by atoms with Gasteiger partial charge in [-0.05, 0) is 12.0 Å². The molecule has 0 fully saturated rings. The number of rotatable bonds is 5. The van der Waals surface area contributed by atoms with Gasteiger partial charge in [0.2, 0.25) is 0 Å². The molecule has 2 aromatic heterocycles. The van der Waals surface area contributed by atoms with Gasteiger partial charge < -0.3 is 9.30 Å². The minimum atomic E-state index is -0.601. The number of methoxy groups -OCH3 is 1. The van der Waals surface area contributed by atoms with Crippen LogP contribution < -0.4 is 11.2 Å². The number of imidazole rings is 1. The van der Waals surface area contributed by atoms with Crippen LogP contribution >= 0.6 is 0 Å². The molecule has 25 heavy (non-hydrogen) atoms. The van der Waals surface area contributed by atoms with E-state index in [9.17, 15) is 14.4 Å². The molecule has 0 bridgehead atoms. The normalized spacial score (nSPS) is 11.0. The molecule has 1 aromatic carbocycles. The van der Waals surface area contributed by atoms with Crippen LogP contribution in [0.15, 0.2) is 46.2 Å². The summed E-state index contributed by atoms with van der Waals surface area (Å²) in [6.45, 7) is 0.238. The van der Waals surface area contributed by atoms with Crippen molar-refractivity contribution in [2.45, 2.75) is 19.5 Å². The average molecular weight is 342 g/mol. The molecule has 0 amide bonds. The molecule has 0 saturated carbocycles. The second-order valence-corrected chi connectivity index (χ2v) is 5.65. The van der Waals surface area contributed by atoms with Crippen molar-refractivity contribution in [2.75, 3.05) is 7.11 Å². The summed E-state index contributed by atoms with van der Waals surface area (Å²) < 4.78 is 8.46. The third-order valence-corrected chi connectivity index (χ3v) is 4.10. The molecule has 130 valence electrons. The SMILES string of the molecule is COC(=O)Cn1c(=O)n(C)c(=O)c2c1ncn2CCc1ccccc1. The Balaban J connectivity index is 2.06. The number of carbonyl (C=O) groups excluding carboxylic acids is 1. The summed E-state index contributed by atoms with van der Waals surface area (Å²) in [7, 11) is 2.62. The number of esters is 1. The van der Waals surface area contributed by atoms with Gasteiger partial charge in [-0.3, -0.25) is 18.7 Å². The number of aromatic nitrogens is 4. The summed E-state index contributed by atoms with van der Waals surface area (Å²) in [5.74, 6) is -0.583. The zero-order valence-electron chi connectivity index (χ0n) is 14.0. The Morgan fingerprint density at radius 3 is 2.60 bits per heavy atom. The van der Waals surface area contributed by atoms with Crippen LogP contribution in [0.4, 0.5) is 0 Å². The van der Waals surface area contributed by atoms with Crippen LogP contribution in [0.2, 0.25) is 0 Å². The number of nitrogens with zero attached hydrogens (tertiary/aromatic N) is 4. The molecule has 0 unspecified atom stereocenters. The highest BCUT2D eigenvalue weighted by Crippen LogP contribution is 2.09. The summed E-state index contributed by atoms with van der Waals surface area (Å²) in [6, 6.07) is 9.86. The summed E-state index contributed by atoms with van der Waals surface area (Å²) in [4.78, 5) is 40.6. The van der Waals surface area contributed by atoms with E-state index in [0.717, 1.165) is 14.7 Å². The first-order valence-corrected chi connectivity index (χ1v) is 7.78. The number of benzene rings is 1. The third kappa shape index (κ3) is 3.10. The minimum Gasteiger partial charge on any atom is -0.468 e. The molecule has 0 spiro atoms. The van der Waals surface area contributed by atoms with Gasteiger partial charge in [0.1, 0.15) is 6.54 Å². The molecule has 0 aliphatic heterocycles. The lowest BCUT2D eigenvalue weighted by Crippen LogP contribution is -2.40. The highest BCUT2D eigenvalue weighted by Gasteiger charge is 2.18. The van der Waals surface area contributed by atoms with Crippen LogP contribution in [0.25, 0.3) is 11.2 Å². The second-order valence-electron chi connectivity index (χ2n) is 5.65. The number of carbonyl (C=O) groups is 1. The molecule has 0 aliphatic carbocycles. The van der Waals surface area contributed by atoms with E-state index in [0.29, 0.717) is 18.5 Å². The third-order valence-electron chi connectivity index (χ3n) is 4.10. The highest BCUT2D eigenvalue weighted by molar-refractivity contribution is 5.74. The molecule has 2 heterocycles. The van der Waals surface area contributed by atoms with E-state index in [1.165, 1.54) is 20.5 Å². The Bertz CT molecular complexity index is 1030. The predicted octanol–water partition coefficient (Wildman–Crippen LogP) is 0.312. The van der Waals surface area contributed by atoms with Gasteiger partial charge in [0.25, 0.3) is 5.56 Å². The highest BCUT2D eigenvalue weighted by atomic mass is 16.5. The van der Waals surface area contributed by atoms with Gasteiger partial charge in [-0.25, -0.2) is 9.78 Å². The molecule has 0 radical (unpaired) electrons. The van der Waals surface area contributed by atoms with Crippen LogP contribution in [0.1, 0.15) is 5.56 Å². The fourth-order valence-corrected chi connectivity index (χ4v) is 2.71. The van der Waals surface area contributed by atoms with Crippen LogP contribution in [-0.4, -0.2) is 31.8 Å². The standard InChI is InChI=1S/C17H18N4O4/c1-19-16(23)14-15(21(17(19)24)10-13(22)25-2)18-11-20(14)9-8-12-6-4-3-5-7-12/h3-7,11H,8-10H2,1-2H3. The summed E-state index contributed by atoms with van der Waals surface area (Å²) in [6.07, 6.45) is 2.23. The summed E-state index contributed by atoms with van der Waals surface area (Å²) in [5, 5.41) is 0.